The van der Waals surface area contributed by atoms with E-state index < -0.39 is 0 Å². The van der Waals surface area contributed by atoms with Gasteiger partial charge in [-0.25, -0.2) is 4.79 Å². The van der Waals surface area contributed by atoms with Crippen molar-refractivity contribution in [3.8, 4) is 11.3 Å². The number of carbonyl (C=O) groups is 1. The number of rotatable bonds is 5. The largest absolute Gasteiger partial charge is 0.469 e. The monoisotopic (exact) mass is 332 g/mol. The predicted molar refractivity (Wildman–Crippen MR) is 90.8 cm³/mol. The Balaban J connectivity index is 1.49. The standard InChI is InChI=1S/C17H24N4O3/c1-12(11-21-7-4-3-5-8-21)18-17(22)19-16-10-15(24-20-16)14-6-9-23-13(14)2/h6,9-10,12H,3-5,7-8,11H2,1-2H3,(H2,18,19,20,22). The number of furan rings is 1. The highest BCUT2D eigenvalue weighted by Crippen LogP contribution is 2.26. The van der Waals surface area contributed by atoms with E-state index in [1.807, 2.05) is 13.8 Å². The summed E-state index contributed by atoms with van der Waals surface area (Å²) in [6.45, 7) is 6.96. The van der Waals surface area contributed by atoms with Crippen molar-refractivity contribution in [2.45, 2.75) is 39.2 Å². The average Bonchev–Trinajstić information content (AvgIpc) is 3.16. The molecule has 7 heteroatoms. The molecule has 0 saturated carbocycles. The third-order valence-corrected chi connectivity index (χ3v) is 4.23. The summed E-state index contributed by atoms with van der Waals surface area (Å²) in [4.78, 5) is 14.5. The Morgan fingerprint density at radius 2 is 2.17 bits per heavy atom. The van der Waals surface area contributed by atoms with E-state index in [2.05, 4.69) is 20.7 Å². The lowest BCUT2D eigenvalue weighted by Crippen LogP contribution is -2.45. The van der Waals surface area contributed by atoms with Crippen LogP contribution in [0.25, 0.3) is 11.3 Å². The Hall–Kier alpha value is -2.28. The number of urea groups is 1. The van der Waals surface area contributed by atoms with E-state index in [9.17, 15) is 4.79 Å². The molecule has 2 N–H and O–H groups in total. The van der Waals surface area contributed by atoms with Crippen molar-refractivity contribution in [3.63, 3.8) is 0 Å². The predicted octanol–water partition coefficient (Wildman–Crippen LogP) is 3.24. The van der Waals surface area contributed by atoms with Crippen LogP contribution in [0.3, 0.4) is 0 Å². The summed E-state index contributed by atoms with van der Waals surface area (Å²) < 4.78 is 10.5. The van der Waals surface area contributed by atoms with Crippen LogP contribution in [-0.4, -0.2) is 41.8 Å². The molecule has 7 nitrogen and oxygen atoms in total. The molecule has 0 radical (unpaired) electrons. The topological polar surface area (TPSA) is 83.5 Å². The molecule has 1 atom stereocenters. The van der Waals surface area contributed by atoms with Gasteiger partial charge in [0.1, 0.15) is 5.76 Å². The van der Waals surface area contributed by atoms with Crippen molar-refractivity contribution in [2.24, 2.45) is 0 Å². The minimum Gasteiger partial charge on any atom is -0.469 e. The van der Waals surface area contributed by atoms with Crippen molar-refractivity contribution < 1.29 is 13.7 Å². The van der Waals surface area contributed by atoms with Crippen LogP contribution in [0.15, 0.2) is 27.3 Å². The average molecular weight is 332 g/mol. The van der Waals surface area contributed by atoms with Gasteiger partial charge in [0.25, 0.3) is 0 Å². The first-order chi connectivity index (χ1) is 11.6. The minimum absolute atomic E-state index is 0.0746. The Kier molecular flexibility index (Phi) is 5.20. The zero-order chi connectivity index (χ0) is 16.9. The molecule has 2 aromatic heterocycles. The number of likely N-dealkylation sites (tertiary alicyclic amines) is 1. The van der Waals surface area contributed by atoms with Crippen LogP contribution in [-0.2, 0) is 0 Å². The van der Waals surface area contributed by atoms with Gasteiger partial charge in [-0.1, -0.05) is 11.6 Å². The lowest BCUT2D eigenvalue weighted by atomic mass is 10.1. The highest BCUT2D eigenvalue weighted by Gasteiger charge is 2.16. The molecule has 130 valence electrons. The van der Waals surface area contributed by atoms with E-state index in [-0.39, 0.29) is 12.1 Å². The maximum absolute atomic E-state index is 12.1. The molecular formula is C17H24N4O3. The maximum Gasteiger partial charge on any atom is 0.320 e. The van der Waals surface area contributed by atoms with Crippen LogP contribution in [0, 0.1) is 6.92 Å². The second kappa shape index (κ2) is 7.53. The number of carbonyl (C=O) groups excluding carboxylic acids is 1. The molecule has 2 amide bonds. The van der Waals surface area contributed by atoms with Gasteiger partial charge < -0.3 is 19.2 Å². The Labute approximate surface area is 141 Å². The molecule has 0 aliphatic carbocycles. The normalized spacial score (nSPS) is 16.8. The van der Waals surface area contributed by atoms with Gasteiger partial charge in [-0.2, -0.15) is 0 Å². The molecule has 1 fully saturated rings. The third kappa shape index (κ3) is 4.17. The van der Waals surface area contributed by atoms with E-state index in [0.717, 1.165) is 31.0 Å². The molecule has 3 heterocycles. The van der Waals surface area contributed by atoms with Crippen LogP contribution < -0.4 is 10.6 Å². The summed E-state index contributed by atoms with van der Waals surface area (Å²) in [5.74, 6) is 1.70. The minimum atomic E-state index is -0.275. The van der Waals surface area contributed by atoms with Crippen LogP contribution in [0.1, 0.15) is 31.9 Å². The van der Waals surface area contributed by atoms with Gasteiger partial charge >= 0.3 is 6.03 Å². The summed E-state index contributed by atoms with van der Waals surface area (Å²) >= 11 is 0. The highest BCUT2D eigenvalue weighted by molar-refractivity contribution is 5.88. The van der Waals surface area contributed by atoms with Crippen LogP contribution in [0.5, 0.6) is 0 Å². The van der Waals surface area contributed by atoms with E-state index >= 15 is 0 Å². The lowest BCUT2D eigenvalue weighted by Gasteiger charge is -2.29. The molecule has 2 aromatic rings. The molecule has 1 aliphatic heterocycles. The summed E-state index contributed by atoms with van der Waals surface area (Å²) in [5.41, 5.74) is 0.828. The Bertz CT molecular complexity index is 673. The van der Waals surface area contributed by atoms with Gasteiger partial charge in [0.05, 0.1) is 11.8 Å². The molecule has 3 rings (SSSR count). The Morgan fingerprint density at radius 1 is 1.38 bits per heavy atom. The highest BCUT2D eigenvalue weighted by atomic mass is 16.5. The second-order valence-electron chi connectivity index (χ2n) is 6.33. The fraction of sp³-hybridized carbons (Fsp3) is 0.529. The van der Waals surface area contributed by atoms with E-state index in [0.29, 0.717) is 11.6 Å². The zero-order valence-corrected chi connectivity index (χ0v) is 14.2. The van der Waals surface area contributed by atoms with Gasteiger partial charge in [0.15, 0.2) is 11.6 Å². The van der Waals surface area contributed by atoms with Crippen molar-refractivity contribution in [1.82, 2.24) is 15.4 Å². The third-order valence-electron chi connectivity index (χ3n) is 4.23. The van der Waals surface area contributed by atoms with Gasteiger partial charge in [-0.05, 0) is 45.8 Å². The van der Waals surface area contributed by atoms with E-state index in [4.69, 9.17) is 8.94 Å². The van der Waals surface area contributed by atoms with Gasteiger partial charge in [0, 0.05) is 18.7 Å². The van der Waals surface area contributed by atoms with Gasteiger partial charge in [0.2, 0.25) is 0 Å². The van der Waals surface area contributed by atoms with Gasteiger partial charge in [-0.3, -0.25) is 5.32 Å². The first-order valence-corrected chi connectivity index (χ1v) is 8.43. The molecule has 0 spiro atoms. The van der Waals surface area contributed by atoms with Crippen LogP contribution in [0.4, 0.5) is 10.6 Å². The number of aryl methyl sites for hydroxylation is 1. The number of hydrogen-bond donors (Lipinski definition) is 2. The smallest absolute Gasteiger partial charge is 0.320 e. The van der Waals surface area contributed by atoms with E-state index in [1.165, 1.54) is 19.3 Å². The molecule has 0 bridgehead atoms. The number of amides is 2. The summed E-state index contributed by atoms with van der Waals surface area (Å²) in [6.07, 6.45) is 5.39. The first kappa shape index (κ1) is 16.6. The number of piperidine rings is 1. The fourth-order valence-corrected chi connectivity index (χ4v) is 3.05. The van der Waals surface area contributed by atoms with Crippen molar-refractivity contribution in [2.75, 3.05) is 25.0 Å². The van der Waals surface area contributed by atoms with Gasteiger partial charge in [-0.15, -0.1) is 0 Å². The quantitative estimate of drug-likeness (QED) is 0.878. The zero-order valence-electron chi connectivity index (χ0n) is 14.2. The van der Waals surface area contributed by atoms with Crippen molar-refractivity contribution in [1.29, 1.82) is 0 Å². The molecule has 1 saturated heterocycles. The molecule has 1 aliphatic rings. The number of nitrogens with one attached hydrogen (secondary N) is 2. The molecule has 1 unspecified atom stereocenters. The SMILES string of the molecule is Cc1occc1-c1cc(NC(=O)NC(C)CN2CCCCC2)no1. The summed E-state index contributed by atoms with van der Waals surface area (Å²) in [5, 5.41) is 9.52. The fourth-order valence-electron chi connectivity index (χ4n) is 3.05. The number of anilines is 1. The molecular weight excluding hydrogens is 308 g/mol. The molecule has 24 heavy (non-hydrogen) atoms. The number of hydrogen-bond acceptors (Lipinski definition) is 5. The Morgan fingerprint density at radius 3 is 2.88 bits per heavy atom. The first-order valence-electron chi connectivity index (χ1n) is 8.43. The van der Waals surface area contributed by atoms with Crippen molar-refractivity contribution in [3.05, 3.63) is 24.2 Å². The second-order valence-corrected chi connectivity index (χ2v) is 6.33. The van der Waals surface area contributed by atoms with Crippen LogP contribution >= 0.6 is 0 Å². The molecule has 0 aromatic carbocycles. The van der Waals surface area contributed by atoms with E-state index in [1.54, 1.807) is 18.4 Å². The number of nitrogens with zero attached hydrogens (tertiary/aromatic N) is 2. The summed E-state index contributed by atoms with van der Waals surface area (Å²) in [7, 11) is 0. The van der Waals surface area contributed by atoms with Crippen molar-refractivity contribution >= 4 is 11.8 Å². The maximum atomic E-state index is 12.1. The van der Waals surface area contributed by atoms with Crippen LogP contribution in [0.2, 0.25) is 0 Å². The number of aromatic nitrogens is 1. The summed E-state index contributed by atoms with van der Waals surface area (Å²) in [6, 6.07) is 3.29. The lowest BCUT2D eigenvalue weighted by molar-refractivity contribution is 0.206.